The highest BCUT2D eigenvalue weighted by atomic mass is 15.1. The third-order valence-electron chi connectivity index (χ3n) is 9.47. The molecule has 0 fully saturated rings. The van der Waals surface area contributed by atoms with E-state index in [1.807, 2.05) is 48.5 Å². The number of aromatic nitrogens is 2. The van der Waals surface area contributed by atoms with Gasteiger partial charge in [0.1, 0.15) is 5.82 Å². The van der Waals surface area contributed by atoms with E-state index in [1.165, 1.54) is 33.0 Å². The molecule has 49 heavy (non-hydrogen) atoms. The quantitative estimate of drug-likeness (QED) is 0.167. The molecule has 2 nitrogen and oxygen atoms in total. The number of nitrogens with zero attached hydrogens (tertiary/aromatic N) is 2. The number of hydrogen-bond acceptors (Lipinski definition) is 1. The average Bonchev–Trinajstić information content (AvgIpc) is 3.61. The first-order valence-corrected chi connectivity index (χ1v) is 16.5. The third-order valence-corrected chi connectivity index (χ3v) is 9.47. The van der Waals surface area contributed by atoms with Gasteiger partial charge in [-0.1, -0.05) is 152 Å². The van der Waals surface area contributed by atoms with Gasteiger partial charge in [-0.15, -0.1) is 0 Å². The zero-order chi connectivity index (χ0) is 37.0. The van der Waals surface area contributed by atoms with Crippen LogP contribution in [0.15, 0.2) is 176 Å². The van der Waals surface area contributed by atoms with Crippen molar-refractivity contribution in [3.8, 4) is 50.2 Å². The van der Waals surface area contributed by atoms with E-state index in [-0.39, 0.29) is 5.82 Å². The highest BCUT2D eigenvalue weighted by molar-refractivity contribution is 6.22. The zero-order valence-electron chi connectivity index (χ0n) is 31.6. The van der Waals surface area contributed by atoms with Gasteiger partial charge in [0.15, 0.2) is 0 Å². The second-order valence-electron chi connectivity index (χ2n) is 12.3. The highest BCUT2D eigenvalue weighted by Crippen LogP contribution is 2.46. The Morgan fingerprint density at radius 3 is 1.78 bits per heavy atom. The highest BCUT2D eigenvalue weighted by Gasteiger charge is 2.19. The number of benzene rings is 8. The Labute approximate surface area is 293 Å². The summed E-state index contributed by atoms with van der Waals surface area (Å²) < 4.78 is 43.0. The van der Waals surface area contributed by atoms with Crippen LogP contribution in [0.4, 0.5) is 0 Å². The summed E-state index contributed by atoms with van der Waals surface area (Å²) in [7, 11) is 0. The molecule has 9 aromatic rings. The van der Waals surface area contributed by atoms with Crippen molar-refractivity contribution in [3.63, 3.8) is 0 Å². The molecule has 0 N–H and O–H groups in total. The van der Waals surface area contributed by atoms with E-state index in [2.05, 4.69) is 126 Å². The lowest BCUT2D eigenvalue weighted by Gasteiger charge is -2.20. The van der Waals surface area contributed by atoms with Crippen LogP contribution >= 0.6 is 0 Å². The van der Waals surface area contributed by atoms with E-state index in [1.54, 1.807) is 10.6 Å². The van der Waals surface area contributed by atoms with Crippen LogP contribution in [-0.4, -0.2) is 9.55 Å². The molecule has 0 amide bonds. The van der Waals surface area contributed by atoms with Gasteiger partial charge < -0.3 is 0 Å². The molecule has 1 aromatic heterocycles. The van der Waals surface area contributed by atoms with Gasteiger partial charge in [-0.05, 0) is 96.4 Å². The van der Waals surface area contributed by atoms with E-state index in [0.29, 0.717) is 16.7 Å². The fraction of sp³-hybridized carbons (Fsp3) is 0.0426. The van der Waals surface area contributed by atoms with Crippen LogP contribution < -0.4 is 0 Å². The smallest absolute Gasteiger partial charge is 0.114 e. The summed E-state index contributed by atoms with van der Waals surface area (Å²) >= 11 is 0. The Balaban J connectivity index is 1.23. The molecule has 9 rings (SSSR count). The third kappa shape index (κ3) is 4.92. The molecule has 232 valence electrons. The van der Waals surface area contributed by atoms with Crippen molar-refractivity contribution in [2.24, 2.45) is 0 Å². The summed E-state index contributed by atoms with van der Waals surface area (Å²) in [6.45, 7) is -2.91. The molecular weight excluding hydrogens is 593 g/mol. The molecule has 0 saturated heterocycles. The normalized spacial score (nSPS) is 13.5. The maximum atomic E-state index is 8.66. The van der Waals surface area contributed by atoms with E-state index in [9.17, 15) is 0 Å². The molecule has 0 aliphatic heterocycles. The molecule has 0 radical (unpaired) electrons. The first kappa shape index (κ1) is 24.0. The summed E-state index contributed by atoms with van der Waals surface area (Å²) in [6.07, 6.45) is -2.68. The molecule has 2 heteroatoms. The van der Waals surface area contributed by atoms with Crippen molar-refractivity contribution >= 4 is 32.6 Å². The lowest BCUT2D eigenvalue weighted by Crippen LogP contribution is -2.00. The molecule has 0 atom stereocenters. The second kappa shape index (κ2) is 12.1. The first-order valence-electron chi connectivity index (χ1n) is 19.0. The summed E-state index contributed by atoms with van der Waals surface area (Å²) in [4.78, 5) is 4.52. The van der Waals surface area contributed by atoms with Crippen molar-refractivity contribution in [3.05, 3.63) is 182 Å². The Morgan fingerprint density at radius 1 is 0.490 bits per heavy atom. The van der Waals surface area contributed by atoms with Gasteiger partial charge in [0.25, 0.3) is 0 Å². The average molecular weight is 632 g/mol. The van der Waals surface area contributed by atoms with E-state index in [4.69, 9.17) is 6.85 Å². The van der Waals surface area contributed by atoms with Crippen LogP contribution in [0.3, 0.4) is 0 Å². The van der Waals surface area contributed by atoms with Gasteiger partial charge in [0, 0.05) is 18.9 Å². The maximum Gasteiger partial charge on any atom is 0.114 e. The minimum absolute atomic E-state index is 0.151. The SMILES string of the molecule is [2H]C([2H])([2H])C([2H])([2H])c1nc2ccccc2n1-c1cccc(-c2cccc(-c3c4ccccc4c(-c4ccccc4-c4ccccc4)c4ccccc34)c2)c1. The topological polar surface area (TPSA) is 17.8 Å². The van der Waals surface area contributed by atoms with Gasteiger partial charge in [0.2, 0.25) is 0 Å². The fourth-order valence-corrected chi connectivity index (χ4v) is 7.35. The fourth-order valence-electron chi connectivity index (χ4n) is 7.35. The Hall–Kier alpha value is -6.25. The molecule has 8 aromatic carbocycles. The summed E-state index contributed by atoms with van der Waals surface area (Å²) in [6, 6.07) is 60.1. The van der Waals surface area contributed by atoms with Crippen LogP contribution in [0.1, 0.15) is 19.5 Å². The van der Waals surface area contributed by atoms with Gasteiger partial charge in [-0.25, -0.2) is 4.98 Å². The maximum absolute atomic E-state index is 8.66. The van der Waals surface area contributed by atoms with Crippen LogP contribution in [0, 0.1) is 0 Å². The molecule has 0 spiro atoms. The number of hydrogen-bond donors (Lipinski definition) is 0. The molecule has 0 aliphatic carbocycles. The van der Waals surface area contributed by atoms with Gasteiger partial charge >= 0.3 is 0 Å². The summed E-state index contributed by atoms with van der Waals surface area (Å²) in [5, 5.41) is 4.65. The van der Waals surface area contributed by atoms with Crippen LogP contribution in [0.25, 0.3) is 82.8 Å². The van der Waals surface area contributed by atoms with Crippen LogP contribution in [-0.2, 0) is 6.37 Å². The van der Waals surface area contributed by atoms with Gasteiger partial charge in [-0.2, -0.15) is 0 Å². The van der Waals surface area contributed by atoms with Crippen LogP contribution in [0.2, 0.25) is 0 Å². The second-order valence-corrected chi connectivity index (χ2v) is 12.3. The Kier molecular flexibility index (Phi) is 5.91. The monoisotopic (exact) mass is 631 g/mol. The number of fused-ring (bicyclic) bond motifs is 3. The molecular formula is C47H34N2. The number of imidazole rings is 1. The Morgan fingerprint density at radius 2 is 1.04 bits per heavy atom. The molecule has 0 unspecified atom stereocenters. The molecule has 0 bridgehead atoms. The number of rotatable bonds is 6. The number of para-hydroxylation sites is 2. The van der Waals surface area contributed by atoms with E-state index in [0.717, 1.165) is 33.0 Å². The van der Waals surface area contributed by atoms with Gasteiger partial charge in [-0.3, -0.25) is 4.57 Å². The Bertz CT molecular complexity index is 2800. The predicted molar refractivity (Wildman–Crippen MR) is 207 cm³/mol. The van der Waals surface area contributed by atoms with Crippen molar-refractivity contribution < 1.29 is 6.85 Å². The van der Waals surface area contributed by atoms with E-state index >= 15 is 0 Å². The molecule has 0 saturated carbocycles. The summed E-state index contributed by atoms with van der Waals surface area (Å²) in [5.74, 6) is -0.151. The van der Waals surface area contributed by atoms with E-state index < -0.39 is 13.2 Å². The largest absolute Gasteiger partial charge is 0.296 e. The van der Waals surface area contributed by atoms with Gasteiger partial charge in [0.05, 0.1) is 11.0 Å². The standard InChI is InChI=1S/C47H34N2/c1-2-45-48-43-28-12-13-29-44(43)49(45)36-21-15-19-34(31-36)33-18-14-20-35(30-33)46-39-24-8-10-26-41(39)47(42-27-11-9-25-40(42)46)38-23-7-6-22-37(38)32-16-4-3-5-17-32/h3-31H,2H2,1H3/i1D3,2D2. The predicted octanol–water partition coefficient (Wildman–Crippen LogP) is 12.6. The minimum atomic E-state index is -2.91. The van der Waals surface area contributed by atoms with Crippen molar-refractivity contribution in [2.75, 3.05) is 0 Å². The zero-order valence-corrected chi connectivity index (χ0v) is 26.6. The first-order chi connectivity index (χ1) is 26.2. The molecule has 0 aliphatic rings. The minimum Gasteiger partial charge on any atom is -0.296 e. The summed E-state index contributed by atoms with van der Waals surface area (Å²) in [5.41, 5.74) is 10.6. The van der Waals surface area contributed by atoms with Crippen molar-refractivity contribution in [2.45, 2.75) is 13.2 Å². The van der Waals surface area contributed by atoms with Crippen LogP contribution in [0.5, 0.6) is 0 Å². The lowest BCUT2D eigenvalue weighted by molar-refractivity contribution is 0.908. The molecule has 1 heterocycles. The van der Waals surface area contributed by atoms with Crippen molar-refractivity contribution in [1.82, 2.24) is 9.55 Å². The van der Waals surface area contributed by atoms with Crippen molar-refractivity contribution in [1.29, 1.82) is 0 Å². The number of aryl methyl sites for hydroxylation is 1. The lowest BCUT2D eigenvalue weighted by atomic mass is 9.83.